The van der Waals surface area contributed by atoms with E-state index in [1.807, 2.05) is 6.07 Å². The van der Waals surface area contributed by atoms with E-state index >= 15 is 0 Å². The number of hydrogen-bond donors (Lipinski definition) is 1. The molecule has 1 unspecified atom stereocenters. The molecule has 21 heavy (non-hydrogen) atoms. The third kappa shape index (κ3) is 4.45. The molecule has 0 aliphatic heterocycles. The second-order valence-corrected chi connectivity index (χ2v) is 6.38. The molecule has 1 aromatic carbocycles. The fourth-order valence-electron chi connectivity index (χ4n) is 3.05. The van der Waals surface area contributed by atoms with E-state index in [0.717, 1.165) is 18.2 Å². The van der Waals surface area contributed by atoms with Crippen LogP contribution in [-0.4, -0.2) is 30.6 Å². The minimum absolute atomic E-state index is 0.203. The van der Waals surface area contributed by atoms with Crippen LogP contribution in [0.4, 0.5) is 0 Å². The SMILES string of the molecule is CCN(CC1CCC1)C(CN)c1cccc(OC(C)C)c1. The Bertz CT molecular complexity index is 429. The van der Waals surface area contributed by atoms with Crippen molar-refractivity contribution in [3.05, 3.63) is 29.8 Å². The molecule has 0 bridgehead atoms. The van der Waals surface area contributed by atoms with Gasteiger partial charge in [-0.25, -0.2) is 0 Å². The number of benzene rings is 1. The van der Waals surface area contributed by atoms with Crippen LogP contribution in [0, 0.1) is 5.92 Å². The van der Waals surface area contributed by atoms with Crippen molar-refractivity contribution in [3.63, 3.8) is 0 Å². The molecule has 0 heterocycles. The van der Waals surface area contributed by atoms with Crippen molar-refractivity contribution in [2.45, 2.75) is 52.2 Å². The quantitative estimate of drug-likeness (QED) is 0.795. The number of ether oxygens (including phenoxy) is 1. The first kappa shape index (κ1) is 16.3. The Morgan fingerprint density at radius 2 is 2.10 bits per heavy atom. The van der Waals surface area contributed by atoms with E-state index in [-0.39, 0.29) is 6.10 Å². The maximum Gasteiger partial charge on any atom is 0.120 e. The van der Waals surface area contributed by atoms with Crippen LogP contribution in [0.5, 0.6) is 5.75 Å². The minimum Gasteiger partial charge on any atom is -0.491 e. The van der Waals surface area contributed by atoms with Gasteiger partial charge in [0, 0.05) is 19.1 Å². The monoisotopic (exact) mass is 290 g/mol. The number of hydrogen-bond acceptors (Lipinski definition) is 3. The predicted molar refractivity (Wildman–Crippen MR) is 88.6 cm³/mol. The van der Waals surface area contributed by atoms with Gasteiger partial charge in [0.15, 0.2) is 0 Å². The lowest BCUT2D eigenvalue weighted by molar-refractivity contribution is 0.141. The van der Waals surface area contributed by atoms with E-state index in [2.05, 4.69) is 43.9 Å². The highest BCUT2D eigenvalue weighted by Gasteiger charge is 2.25. The summed E-state index contributed by atoms with van der Waals surface area (Å²) >= 11 is 0. The average molecular weight is 290 g/mol. The fourth-order valence-corrected chi connectivity index (χ4v) is 3.05. The Balaban J connectivity index is 2.10. The first-order chi connectivity index (χ1) is 10.1. The topological polar surface area (TPSA) is 38.5 Å². The van der Waals surface area contributed by atoms with Gasteiger partial charge in [0.05, 0.1) is 6.10 Å². The molecule has 0 amide bonds. The third-order valence-corrected chi connectivity index (χ3v) is 4.40. The van der Waals surface area contributed by atoms with Crippen molar-refractivity contribution in [2.24, 2.45) is 11.7 Å². The smallest absolute Gasteiger partial charge is 0.120 e. The van der Waals surface area contributed by atoms with Crippen molar-refractivity contribution in [1.29, 1.82) is 0 Å². The average Bonchev–Trinajstić information content (AvgIpc) is 2.41. The summed E-state index contributed by atoms with van der Waals surface area (Å²) in [5.74, 6) is 1.81. The molecular formula is C18H30N2O. The predicted octanol–water partition coefficient (Wildman–Crippen LogP) is 3.60. The lowest BCUT2D eigenvalue weighted by atomic mass is 9.84. The van der Waals surface area contributed by atoms with Gasteiger partial charge in [-0.05, 0) is 56.8 Å². The molecule has 2 rings (SSSR count). The molecule has 3 nitrogen and oxygen atoms in total. The lowest BCUT2D eigenvalue weighted by Crippen LogP contribution is -2.38. The van der Waals surface area contributed by atoms with E-state index < -0.39 is 0 Å². The van der Waals surface area contributed by atoms with Crippen molar-refractivity contribution in [2.75, 3.05) is 19.6 Å². The molecule has 0 saturated heterocycles. The maximum atomic E-state index is 6.09. The largest absolute Gasteiger partial charge is 0.491 e. The van der Waals surface area contributed by atoms with E-state index in [4.69, 9.17) is 10.5 Å². The van der Waals surface area contributed by atoms with Crippen molar-refractivity contribution in [3.8, 4) is 5.75 Å². The molecule has 118 valence electrons. The van der Waals surface area contributed by atoms with Crippen LogP contribution in [0.3, 0.4) is 0 Å². The van der Waals surface area contributed by atoms with Crippen LogP contribution < -0.4 is 10.5 Å². The first-order valence-corrected chi connectivity index (χ1v) is 8.34. The van der Waals surface area contributed by atoms with E-state index in [1.165, 1.54) is 31.4 Å². The van der Waals surface area contributed by atoms with Gasteiger partial charge >= 0.3 is 0 Å². The summed E-state index contributed by atoms with van der Waals surface area (Å²) in [5, 5.41) is 0. The van der Waals surface area contributed by atoms with Gasteiger partial charge < -0.3 is 10.5 Å². The molecule has 1 aliphatic rings. The zero-order valence-electron chi connectivity index (χ0n) is 13.7. The molecule has 1 atom stereocenters. The number of rotatable bonds is 8. The van der Waals surface area contributed by atoms with E-state index in [0.29, 0.717) is 12.6 Å². The summed E-state index contributed by atoms with van der Waals surface area (Å²) in [7, 11) is 0. The Labute approximate surface area is 129 Å². The third-order valence-electron chi connectivity index (χ3n) is 4.40. The molecule has 2 N–H and O–H groups in total. The van der Waals surface area contributed by atoms with Gasteiger partial charge in [-0.3, -0.25) is 4.90 Å². The van der Waals surface area contributed by atoms with Crippen LogP contribution in [0.15, 0.2) is 24.3 Å². The van der Waals surface area contributed by atoms with Gasteiger partial charge in [0.25, 0.3) is 0 Å². The number of likely N-dealkylation sites (N-methyl/N-ethyl adjacent to an activating group) is 1. The normalized spacial score (nSPS) is 17.0. The van der Waals surface area contributed by atoms with Gasteiger partial charge in [-0.1, -0.05) is 25.5 Å². The molecule has 0 aromatic heterocycles. The highest BCUT2D eigenvalue weighted by molar-refractivity contribution is 5.31. The highest BCUT2D eigenvalue weighted by atomic mass is 16.5. The Morgan fingerprint density at radius 1 is 1.33 bits per heavy atom. The zero-order valence-corrected chi connectivity index (χ0v) is 13.7. The van der Waals surface area contributed by atoms with Crippen LogP contribution in [0.25, 0.3) is 0 Å². The number of nitrogens with zero attached hydrogens (tertiary/aromatic N) is 1. The van der Waals surface area contributed by atoms with Gasteiger partial charge in [0.2, 0.25) is 0 Å². The summed E-state index contributed by atoms with van der Waals surface area (Å²) in [6.07, 6.45) is 4.36. The number of nitrogens with two attached hydrogens (primary N) is 1. The zero-order chi connectivity index (χ0) is 15.2. The van der Waals surface area contributed by atoms with E-state index in [9.17, 15) is 0 Å². The molecule has 0 radical (unpaired) electrons. The Hall–Kier alpha value is -1.06. The Morgan fingerprint density at radius 3 is 2.62 bits per heavy atom. The molecular weight excluding hydrogens is 260 g/mol. The summed E-state index contributed by atoms with van der Waals surface area (Å²) in [5.41, 5.74) is 7.36. The molecule has 1 aliphatic carbocycles. The lowest BCUT2D eigenvalue weighted by Gasteiger charge is -2.36. The maximum absolute atomic E-state index is 6.09. The van der Waals surface area contributed by atoms with Crippen molar-refractivity contribution < 1.29 is 4.74 Å². The van der Waals surface area contributed by atoms with Crippen LogP contribution in [0.2, 0.25) is 0 Å². The summed E-state index contributed by atoms with van der Waals surface area (Å²) < 4.78 is 5.82. The van der Waals surface area contributed by atoms with Crippen LogP contribution in [0.1, 0.15) is 51.6 Å². The summed E-state index contributed by atoms with van der Waals surface area (Å²) in [4.78, 5) is 2.53. The van der Waals surface area contributed by atoms with Crippen molar-refractivity contribution >= 4 is 0 Å². The summed E-state index contributed by atoms with van der Waals surface area (Å²) in [6.45, 7) is 9.23. The minimum atomic E-state index is 0.203. The van der Waals surface area contributed by atoms with Crippen molar-refractivity contribution in [1.82, 2.24) is 4.90 Å². The molecule has 1 fully saturated rings. The van der Waals surface area contributed by atoms with Crippen LogP contribution in [-0.2, 0) is 0 Å². The van der Waals surface area contributed by atoms with Gasteiger partial charge in [0.1, 0.15) is 5.75 Å². The first-order valence-electron chi connectivity index (χ1n) is 8.34. The second kappa shape index (κ2) is 7.81. The van der Waals surface area contributed by atoms with E-state index in [1.54, 1.807) is 0 Å². The van der Waals surface area contributed by atoms with Gasteiger partial charge in [-0.2, -0.15) is 0 Å². The second-order valence-electron chi connectivity index (χ2n) is 6.38. The molecule has 0 spiro atoms. The van der Waals surface area contributed by atoms with Crippen LogP contribution >= 0.6 is 0 Å². The molecule has 1 aromatic rings. The molecule has 3 heteroatoms. The summed E-state index contributed by atoms with van der Waals surface area (Å²) in [6, 6.07) is 8.73. The highest BCUT2D eigenvalue weighted by Crippen LogP contribution is 2.31. The standard InChI is InChI=1S/C18H30N2O/c1-4-20(13-15-7-5-8-15)18(12-19)16-9-6-10-17(11-16)21-14(2)3/h6,9-11,14-15,18H,4-5,7-8,12-13,19H2,1-3H3. The Kier molecular flexibility index (Phi) is 6.07. The van der Waals surface area contributed by atoms with Gasteiger partial charge in [-0.15, -0.1) is 0 Å². The molecule has 1 saturated carbocycles. The fraction of sp³-hybridized carbons (Fsp3) is 0.667.